The van der Waals surface area contributed by atoms with Gasteiger partial charge in [0.2, 0.25) is 0 Å². The van der Waals surface area contributed by atoms with Crippen LogP contribution in [0, 0.1) is 28.7 Å². The van der Waals surface area contributed by atoms with E-state index >= 15 is 0 Å². The topological polar surface area (TPSA) is 106 Å². The molecule has 1 aromatic rings. The molecule has 1 aromatic carbocycles. The van der Waals surface area contributed by atoms with Crippen molar-refractivity contribution in [1.29, 1.82) is 10.5 Å². The average molecular weight is 392 g/mol. The second kappa shape index (κ2) is 9.25. The summed E-state index contributed by atoms with van der Waals surface area (Å²) < 4.78 is 4.77. The average Bonchev–Trinajstić information content (AvgIpc) is 2.75. The molecule has 3 rings (SSSR count). The summed E-state index contributed by atoms with van der Waals surface area (Å²) in [6.45, 7) is 0.423. The van der Waals surface area contributed by atoms with E-state index in [0.717, 1.165) is 31.4 Å². The third-order valence-electron chi connectivity index (χ3n) is 5.87. The monoisotopic (exact) mass is 392 g/mol. The first-order valence-corrected chi connectivity index (χ1v) is 9.84. The van der Waals surface area contributed by atoms with Gasteiger partial charge in [-0.15, -0.1) is 0 Å². The predicted octanol–water partition coefficient (Wildman–Crippen LogP) is 3.11. The highest BCUT2D eigenvalue weighted by molar-refractivity contribution is 6.09. The highest BCUT2D eigenvalue weighted by atomic mass is 16.5. The van der Waals surface area contributed by atoms with Gasteiger partial charge in [0.05, 0.1) is 12.8 Å². The van der Waals surface area contributed by atoms with Gasteiger partial charge < -0.3 is 9.64 Å². The number of nitriles is 2. The molecule has 1 heterocycles. The summed E-state index contributed by atoms with van der Waals surface area (Å²) in [7, 11) is 1.43. The van der Waals surface area contributed by atoms with Crippen molar-refractivity contribution < 1.29 is 14.3 Å². The molecule has 1 N–H and O–H groups in total. The molecule has 0 saturated heterocycles. The van der Waals surface area contributed by atoms with Gasteiger partial charge in [0.1, 0.15) is 11.6 Å². The molecule has 7 nitrogen and oxygen atoms in total. The van der Waals surface area contributed by atoms with Crippen molar-refractivity contribution in [2.45, 2.75) is 44.4 Å². The molecule has 2 aliphatic rings. The van der Waals surface area contributed by atoms with Crippen LogP contribution in [0.5, 0.6) is 0 Å². The zero-order valence-electron chi connectivity index (χ0n) is 16.5. The normalized spacial score (nSPS) is 21.9. The van der Waals surface area contributed by atoms with Crippen LogP contribution in [0.15, 0.2) is 35.5 Å². The van der Waals surface area contributed by atoms with Crippen LogP contribution in [0.4, 0.5) is 5.69 Å². The number of hydrogen-bond donors (Lipinski definition) is 1. The van der Waals surface area contributed by atoms with Crippen molar-refractivity contribution in [1.82, 2.24) is 5.32 Å². The van der Waals surface area contributed by atoms with E-state index in [1.807, 2.05) is 30.3 Å². The van der Waals surface area contributed by atoms with Crippen molar-refractivity contribution >= 4 is 17.6 Å². The zero-order chi connectivity index (χ0) is 20.8. The van der Waals surface area contributed by atoms with Crippen LogP contribution in [0.1, 0.15) is 50.0 Å². The molecule has 1 aliphatic heterocycles. The zero-order valence-corrected chi connectivity index (χ0v) is 16.5. The summed E-state index contributed by atoms with van der Waals surface area (Å²) >= 11 is 0. The number of ether oxygens (including phenoxy) is 1. The van der Waals surface area contributed by atoms with E-state index in [1.54, 1.807) is 11.1 Å². The molecule has 29 heavy (non-hydrogen) atoms. The van der Waals surface area contributed by atoms with E-state index < -0.39 is 0 Å². The lowest BCUT2D eigenvalue weighted by Gasteiger charge is -2.30. The molecule has 0 bridgehead atoms. The maximum Gasteiger partial charge on any atom is 0.305 e. The van der Waals surface area contributed by atoms with E-state index in [2.05, 4.69) is 5.32 Å². The highest BCUT2D eigenvalue weighted by Gasteiger charge is 2.29. The number of methoxy groups -OCH3 is 1. The van der Waals surface area contributed by atoms with E-state index in [-0.39, 0.29) is 17.4 Å². The smallest absolute Gasteiger partial charge is 0.305 e. The molecule has 150 valence electrons. The summed E-state index contributed by atoms with van der Waals surface area (Å²) in [6, 6.07) is 9.86. The Morgan fingerprint density at radius 1 is 1.21 bits per heavy atom. The minimum absolute atomic E-state index is 0.00851. The van der Waals surface area contributed by atoms with Gasteiger partial charge in [0, 0.05) is 25.1 Å². The van der Waals surface area contributed by atoms with Crippen molar-refractivity contribution in [2.75, 3.05) is 18.6 Å². The Morgan fingerprint density at radius 3 is 2.48 bits per heavy atom. The molecule has 7 heteroatoms. The number of nitrogens with one attached hydrogen (secondary N) is 1. The molecule has 1 fully saturated rings. The van der Waals surface area contributed by atoms with Crippen LogP contribution in [0.25, 0.3) is 0 Å². The molecule has 1 aliphatic carbocycles. The number of amides is 1. The van der Waals surface area contributed by atoms with Gasteiger partial charge in [-0.1, -0.05) is 12.1 Å². The van der Waals surface area contributed by atoms with Crippen LogP contribution in [-0.2, 0) is 14.3 Å². The molecule has 1 amide bonds. The second-order valence-electron chi connectivity index (χ2n) is 7.50. The fourth-order valence-corrected chi connectivity index (χ4v) is 4.21. The number of benzene rings is 1. The van der Waals surface area contributed by atoms with Gasteiger partial charge in [-0.3, -0.25) is 14.9 Å². The van der Waals surface area contributed by atoms with Crippen LogP contribution in [-0.4, -0.2) is 25.5 Å². The van der Waals surface area contributed by atoms with Gasteiger partial charge in [-0.05, 0) is 55.2 Å². The highest BCUT2D eigenvalue weighted by Crippen LogP contribution is 2.38. The summed E-state index contributed by atoms with van der Waals surface area (Å²) in [6.07, 6.45) is 6.81. The number of esters is 1. The third kappa shape index (κ3) is 4.57. The Kier molecular flexibility index (Phi) is 6.51. The number of carbonyl (C=O) groups is 2. The maximum absolute atomic E-state index is 12.6. The van der Waals surface area contributed by atoms with E-state index in [4.69, 9.17) is 10.00 Å². The van der Waals surface area contributed by atoms with Crippen molar-refractivity contribution in [3.63, 3.8) is 0 Å². The predicted molar refractivity (Wildman–Crippen MR) is 106 cm³/mol. The van der Waals surface area contributed by atoms with Crippen molar-refractivity contribution in [3.8, 4) is 12.3 Å². The summed E-state index contributed by atoms with van der Waals surface area (Å²) in [5, 5.41) is 20.5. The van der Waals surface area contributed by atoms with Crippen LogP contribution in [0.3, 0.4) is 0 Å². The minimum atomic E-state index is -0.382. The lowest BCUT2D eigenvalue weighted by molar-refractivity contribution is -0.142. The Bertz CT molecular complexity index is 884. The summed E-state index contributed by atoms with van der Waals surface area (Å²) in [5.41, 5.74) is 2.36. The molecule has 0 radical (unpaired) electrons. The lowest BCUT2D eigenvalue weighted by atomic mass is 9.77. The van der Waals surface area contributed by atoms with Crippen molar-refractivity contribution in [3.05, 3.63) is 41.1 Å². The first kappa shape index (κ1) is 20.4. The number of rotatable bonds is 5. The largest absolute Gasteiger partial charge is 0.469 e. The van der Waals surface area contributed by atoms with Gasteiger partial charge >= 0.3 is 5.97 Å². The fraction of sp³-hybridized carbons (Fsp3) is 0.455. The number of hydrogen-bond acceptors (Lipinski definition) is 6. The molecule has 0 aromatic heterocycles. The van der Waals surface area contributed by atoms with E-state index in [9.17, 15) is 14.9 Å². The molecule has 0 atom stereocenters. The lowest BCUT2D eigenvalue weighted by Crippen LogP contribution is -2.39. The standard InChI is InChI=1S/C22H24N4O3/c1-29-21(27)12-15-2-4-16(5-3-15)17-6-8-18(9-7-17)26-11-10-20(25-14-24)19(13-23)22(26)28/h6-9,15-16,25H,2-5,10-12H2,1H3. The number of nitrogens with zero attached hydrogens (tertiary/aromatic N) is 3. The van der Waals surface area contributed by atoms with E-state index in [1.165, 1.54) is 12.7 Å². The summed E-state index contributed by atoms with van der Waals surface area (Å²) in [4.78, 5) is 25.7. The molecule has 0 spiro atoms. The SMILES string of the molecule is COC(=O)CC1CCC(c2ccc(N3CCC(NC#N)=C(C#N)C3=O)cc2)CC1. The first-order valence-electron chi connectivity index (χ1n) is 9.84. The Hall–Kier alpha value is -3.32. The Labute approximate surface area is 170 Å². The van der Waals surface area contributed by atoms with Gasteiger partial charge in [0.15, 0.2) is 6.19 Å². The third-order valence-corrected chi connectivity index (χ3v) is 5.87. The maximum atomic E-state index is 12.6. The molecule has 0 unspecified atom stereocenters. The number of carbonyl (C=O) groups excluding carboxylic acids is 2. The van der Waals surface area contributed by atoms with Crippen LogP contribution < -0.4 is 10.2 Å². The van der Waals surface area contributed by atoms with Crippen LogP contribution in [0.2, 0.25) is 0 Å². The number of anilines is 1. The second-order valence-corrected chi connectivity index (χ2v) is 7.50. The Balaban J connectivity index is 1.64. The van der Waals surface area contributed by atoms with Gasteiger partial charge in [-0.2, -0.15) is 10.5 Å². The van der Waals surface area contributed by atoms with Crippen molar-refractivity contribution in [2.24, 2.45) is 5.92 Å². The minimum Gasteiger partial charge on any atom is -0.469 e. The summed E-state index contributed by atoms with van der Waals surface area (Å²) in [5.74, 6) is 0.336. The fourth-order valence-electron chi connectivity index (χ4n) is 4.21. The molecule has 1 saturated carbocycles. The molecular formula is C22H24N4O3. The quantitative estimate of drug-likeness (QED) is 0.469. The first-order chi connectivity index (χ1) is 14.1. The Morgan fingerprint density at radius 2 is 1.90 bits per heavy atom. The van der Waals surface area contributed by atoms with Gasteiger partial charge in [-0.25, -0.2) is 0 Å². The van der Waals surface area contributed by atoms with Gasteiger partial charge in [0.25, 0.3) is 5.91 Å². The van der Waals surface area contributed by atoms with Crippen LogP contribution >= 0.6 is 0 Å². The van der Waals surface area contributed by atoms with E-state index in [0.29, 0.717) is 36.9 Å². The molecular weight excluding hydrogens is 368 g/mol.